The standard InChI is InChI=1S/C5H6F4O4/c1-12-2-4(6,7)13-5(8,9)3(10)11/h2H2,1H3,(H,10,11). The Labute approximate surface area is 70.0 Å². The summed E-state index contributed by atoms with van der Waals surface area (Å²) in [5.74, 6) is -2.79. The van der Waals surface area contributed by atoms with Crippen molar-refractivity contribution in [1.29, 1.82) is 0 Å². The zero-order chi connectivity index (χ0) is 10.7. The van der Waals surface area contributed by atoms with Gasteiger partial charge in [-0.2, -0.15) is 17.6 Å². The number of carboxylic acid groups (broad SMARTS) is 1. The second kappa shape index (κ2) is 3.88. The molecule has 0 aliphatic rings. The van der Waals surface area contributed by atoms with E-state index in [1.807, 2.05) is 0 Å². The first-order chi connectivity index (χ1) is 5.71. The van der Waals surface area contributed by atoms with Crippen molar-refractivity contribution in [2.24, 2.45) is 0 Å². The molecule has 0 atom stereocenters. The molecular weight excluding hydrogens is 200 g/mol. The van der Waals surface area contributed by atoms with E-state index < -0.39 is 24.8 Å². The molecule has 0 radical (unpaired) electrons. The highest BCUT2D eigenvalue weighted by Gasteiger charge is 2.50. The van der Waals surface area contributed by atoms with Crippen LogP contribution in [0.3, 0.4) is 0 Å². The maximum absolute atomic E-state index is 12.2. The molecule has 0 fully saturated rings. The molecule has 8 heteroatoms. The lowest BCUT2D eigenvalue weighted by atomic mass is 10.6. The van der Waals surface area contributed by atoms with Crippen LogP contribution in [0, 0.1) is 0 Å². The highest BCUT2D eigenvalue weighted by atomic mass is 19.3. The van der Waals surface area contributed by atoms with Crippen LogP contribution in [-0.2, 0) is 14.3 Å². The summed E-state index contributed by atoms with van der Waals surface area (Å²) < 4.78 is 55.0. The minimum Gasteiger partial charge on any atom is -0.475 e. The van der Waals surface area contributed by atoms with Crippen LogP contribution in [0.15, 0.2) is 0 Å². The highest BCUT2D eigenvalue weighted by Crippen LogP contribution is 2.27. The molecule has 78 valence electrons. The molecule has 13 heavy (non-hydrogen) atoms. The predicted octanol–water partition coefficient (Wildman–Crippen LogP) is 0.920. The molecule has 0 heterocycles. The summed E-state index contributed by atoms with van der Waals surface area (Å²) in [6.07, 6.45) is -9.27. The van der Waals surface area contributed by atoms with Gasteiger partial charge in [-0.05, 0) is 0 Å². The molecule has 0 aliphatic carbocycles. The monoisotopic (exact) mass is 206 g/mol. The molecule has 1 N–H and O–H groups in total. The number of methoxy groups -OCH3 is 1. The van der Waals surface area contributed by atoms with Crippen LogP contribution < -0.4 is 0 Å². The summed E-state index contributed by atoms with van der Waals surface area (Å²) in [6, 6.07) is 0. The van der Waals surface area contributed by atoms with Gasteiger partial charge in [0, 0.05) is 7.11 Å². The highest BCUT2D eigenvalue weighted by molar-refractivity contribution is 5.73. The average molecular weight is 206 g/mol. The van der Waals surface area contributed by atoms with Crippen LogP contribution in [0.1, 0.15) is 0 Å². The van der Waals surface area contributed by atoms with E-state index in [0.29, 0.717) is 0 Å². The van der Waals surface area contributed by atoms with Crippen LogP contribution in [0.25, 0.3) is 0 Å². The fourth-order valence-electron chi connectivity index (χ4n) is 0.429. The van der Waals surface area contributed by atoms with E-state index in [2.05, 4.69) is 9.47 Å². The predicted molar refractivity (Wildman–Crippen MR) is 30.5 cm³/mol. The number of hydrogen-bond acceptors (Lipinski definition) is 3. The first-order valence-electron chi connectivity index (χ1n) is 2.89. The summed E-state index contributed by atoms with van der Waals surface area (Å²) in [5.41, 5.74) is 0. The third kappa shape index (κ3) is 4.04. The van der Waals surface area contributed by atoms with E-state index in [0.717, 1.165) is 7.11 Å². The van der Waals surface area contributed by atoms with Crippen molar-refractivity contribution in [3.8, 4) is 0 Å². The Bertz CT molecular complexity index is 193. The molecule has 0 aromatic carbocycles. The number of halogens is 4. The van der Waals surface area contributed by atoms with Gasteiger partial charge in [-0.3, -0.25) is 0 Å². The minimum atomic E-state index is -4.93. The Morgan fingerprint density at radius 2 is 1.85 bits per heavy atom. The van der Waals surface area contributed by atoms with Gasteiger partial charge in [0.25, 0.3) is 0 Å². The van der Waals surface area contributed by atoms with Crippen molar-refractivity contribution < 1.29 is 36.9 Å². The smallest absolute Gasteiger partial charge is 0.460 e. The van der Waals surface area contributed by atoms with Gasteiger partial charge in [0.05, 0.1) is 0 Å². The number of ether oxygens (including phenoxy) is 2. The van der Waals surface area contributed by atoms with Crippen LogP contribution in [0.4, 0.5) is 17.6 Å². The molecule has 4 nitrogen and oxygen atoms in total. The van der Waals surface area contributed by atoms with E-state index >= 15 is 0 Å². The van der Waals surface area contributed by atoms with Gasteiger partial charge >= 0.3 is 18.2 Å². The van der Waals surface area contributed by atoms with Gasteiger partial charge in [-0.25, -0.2) is 9.53 Å². The first kappa shape index (κ1) is 12.1. The van der Waals surface area contributed by atoms with Crippen molar-refractivity contribution >= 4 is 5.97 Å². The quantitative estimate of drug-likeness (QED) is 0.679. The van der Waals surface area contributed by atoms with Crippen LogP contribution in [0.5, 0.6) is 0 Å². The van der Waals surface area contributed by atoms with Gasteiger partial charge in [-0.1, -0.05) is 0 Å². The van der Waals surface area contributed by atoms with Crippen molar-refractivity contribution in [2.45, 2.75) is 12.2 Å². The summed E-state index contributed by atoms with van der Waals surface area (Å²) in [6.45, 7) is -1.45. The number of carbonyl (C=O) groups is 1. The second-order valence-electron chi connectivity index (χ2n) is 1.99. The molecular formula is C5H6F4O4. The molecule has 0 spiro atoms. The average Bonchev–Trinajstić information content (AvgIpc) is 1.83. The molecule has 0 unspecified atom stereocenters. The number of hydrogen-bond donors (Lipinski definition) is 1. The molecule has 0 aliphatic heterocycles. The molecule has 0 rings (SSSR count). The van der Waals surface area contributed by atoms with Crippen molar-refractivity contribution in [2.75, 3.05) is 13.7 Å². The number of carboxylic acids is 1. The van der Waals surface area contributed by atoms with Crippen molar-refractivity contribution in [3.05, 3.63) is 0 Å². The second-order valence-corrected chi connectivity index (χ2v) is 1.99. The molecule has 0 aromatic heterocycles. The van der Waals surface area contributed by atoms with Crippen LogP contribution in [0.2, 0.25) is 0 Å². The Hall–Kier alpha value is -0.890. The fraction of sp³-hybridized carbons (Fsp3) is 0.800. The zero-order valence-electron chi connectivity index (χ0n) is 6.39. The lowest BCUT2D eigenvalue weighted by molar-refractivity contribution is -0.371. The zero-order valence-corrected chi connectivity index (χ0v) is 6.39. The molecule has 0 saturated carbocycles. The summed E-state index contributed by atoms with van der Waals surface area (Å²) >= 11 is 0. The first-order valence-corrected chi connectivity index (χ1v) is 2.89. The van der Waals surface area contributed by atoms with Crippen molar-refractivity contribution in [3.63, 3.8) is 0 Å². The molecule has 0 aromatic rings. The molecule has 0 saturated heterocycles. The minimum absolute atomic E-state index is 0.830. The van der Waals surface area contributed by atoms with Gasteiger partial charge in [0.1, 0.15) is 6.61 Å². The summed E-state index contributed by atoms with van der Waals surface area (Å²) in [4.78, 5) is 9.65. The summed E-state index contributed by atoms with van der Waals surface area (Å²) in [5, 5.41) is 7.72. The van der Waals surface area contributed by atoms with Gasteiger partial charge < -0.3 is 9.84 Å². The Morgan fingerprint density at radius 1 is 1.38 bits per heavy atom. The Kier molecular flexibility index (Phi) is 3.61. The van der Waals surface area contributed by atoms with Gasteiger partial charge in [0.15, 0.2) is 0 Å². The largest absolute Gasteiger partial charge is 0.475 e. The Morgan fingerprint density at radius 3 is 2.15 bits per heavy atom. The maximum Gasteiger partial charge on any atom is 0.460 e. The molecule has 0 amide bonds. The van der Waals surface area contributed by atoms with Crippen molar-refractivity contribution in [1.82, 2.24) is 0 Å². The number of aliphatic carboxylic acids is 1. The topological polar surface area (TPSA) is 55.8 Å². The van der Waals surface area contributed by atoms with E-state index in [4.69, 9.17) is 5.11 Å². The molecule has 0 bridgehead atoms. The van der Waals surface area contributed by atoms with E-state index in [-0.39, 0.29) is 0 Å². The van der Waals surface area contributed by atoms with E-state index in [1.165, 1.54) is 0 Å². The van der Waals surface area contributed by atoms with Gasteiger partial charge in [-0.15, -0.1) is 0 Å². The van der Waals surface area contributed by atoms with Gasteiger partial charge in [0.2, 0.25) is 0 Å². The van der Waals surface area contributed by atoms with E-state index in [9.17, 15) is 22.4 Å². The SMILES string of the molecule is COCC(F)(F)OC(F)(F)C(=O)O. The van der Waals surface area contributed by atoms with E-state index in [1.54, 1.807) is 0 Å². The third-order valence-electron chi connectivity index (χ3n) is 0.839. The lowest BCUT2D eigenvalue weighted by Gasteiger charge is -2.19. The normalized spacial score (nSPS) is 13.0. The fourth-order valence-corrected chi connectivity index (χ4v) is 0.429. The number of rotatable bonds is 5. The van der Waals surface area contributed by atoms with Crippen LogP contribution in [-0.4, -0.2) is 37.0 Å². The summed E-state index contributed by atoms with van der Waals surface area (Å²) in [7, 11) is 0.830. The third-order valence-corrected chi connectivity index (χ3v) is 0.839. The van der Waals surface area contributed by atoms with Crippen LogP contribution >= 0.6 is 0 Å². The maximum atomic E-state index is 12.2. The Balaban J connectivity index is 4.33. The lowest BCUT2D eigenvalue weighted by Crippen LogP contribution is -2.41. The number of alkyl halides is 4.